The van der Waals surface area contributed by atoms with Gasteiger partial charge in [-0.3, -0.25) is 0 Å². The molecule has 0 aromatic carbocycles. The van der Waals surface area contributed by atoms with E-state index in [1.165, 1.54) is 12.2 Å². The van der Waals surface area contributed by atoms with E-state index in [1.807, 2.05) is 0 Å². The van der Waals surface area contributed by atoms with Crippen LogP contribution >= 0.6 is 0 Å². The maximum atomic E-state index is 3.26. The van der Waals surface area contributed by atoms with Crippen molar-refractivity contribution in [3.8, 4) is 0 Å². The van der Waals surface area contributed by atoms with Crippen LogP contribution in [-0.2, 0) is 0 Å². The topological polar surface area (TPSA) is 12.0 Å². The number of hydrogen-bond acceptors (Lipinski definition) is 1. The zero-order valence-corrected chi connectivity index (χ0v) is 8.22. The van der Waals surface area contributed by atoms with E-state index in [9.17, 15) is 0 Å². The lowest BCUT2D eigenvalue weighted by Crippen LogP contribution is -2.29. The fourth-order valence-electron chi connectivity index (χ4n) is 1.11. The Hall–Kier alpha value is 0.177. The molecule has 0 radical (unpaired) electrons. The van der Waals surface area contributed by atoms with Crippen LogP contribution in [0.1, 0.15) is 20.8 Å². The summed E-state index contributed by atoms with van der Waals surface area (Å²) in [5, 5.41) is 3.26. The molecule has 1 nitrogen and oxygen atoms in total. The summed E-state index contributed by atoms with van der Waals surface area (Å²) < 4.78 is 0. The third-order valence-corrected chi connectivity index (χ3v) is 5.80. The van der Waals surface area contributed by atoms with Gasteiger partial charge in [-0.15, -0.1) is 0 Å². The average Bonchev–Trinajstić information content (AvgIpc) is 1.82. The quantitative estimate of drug-likeness (QED) is 0.590. The summed E-state index contributed by atoms with van der Waals surface area (Å²) in [6.45, 7) is 7.00. The van der Waals surface area contributed by atoms with Gasteiger partial charge in [0.15, 0.2) is 0 Å². The van der Waals surface area contributed by atoms with E-state index in [0.717, 1.165) is 5.54 Å². The Morgan fingerprint density at radius 1 is 1.44 bits per heavy atom. The van der Waals surface area contributed by atoms with Crippen LogP contribution in [0.4, 0.5) is 0 Å². The first kappa shape index (κ1) is 9.18. The van der Waals surface area contributed by atoms with E-state index in [1.54, 1.807) is 0 Å². The largest absolute Gasteiger partial charge is 0.323 e. The molecule has 1 atom stereocenters. The predicted molar refractivity (Wildman–Crippen MR) is 46.7 cm³/mol. The molecule has 0 aliphatic rings. The summed E-state index contributed by atoms with van der Waals surface area (Å²) in [5.41, 5.74) is 0.961. The monoisotopic (exact) mass is 145 g/mol. The molecule has 2 heteroatoms. The highest BCUT2D eigenvalue weighted by molar-refractivity contribution is 6.60. The highest BCUT2D eigenvalue weighted by atomic mass is 28.3. The van der Waals surface area contributed by atoms with E-state index in [4.69, 9.17) is 0 Å². The summed E-state index contributed by atoms with van der Waals surface area (Å²) in [6, 6.07) is 1.43. The molecule has 0 aromatic rings. The van der Waals surface area contributed by atoms with Crippen LogP contribution < -0.4 is 5.32 Å². The first-order chi connectivity index (χ1) is 4.22. The molecule has 0 saturated heterocycles. The van der Waals surface area contributed by atoms with Crippen molar-refractivity contribution >= 4 is 8.80 Å². The highest BCUT2D eigenvalue weighted by Crippen LogP contribution is 2.09. The Morgan fingerprint density at radius 3 is 2.11 bits per heavy atom. The van der Waals surface area contributed by atoms with Gasteiger partial charge in [0.05, 0.1) is 8.80 Å². The normalized spacial score (nSPS) is 14.3. The molecular formula is C7H19NSi. The van der Waals surface area contributed by atoms with Crippen LogP contribution in [0.25, 0.3) is 0 Å². The van der Waals surface area contributed by atoms with E-state index in [2.05, 4.69) is 33.1 Å². The van der Waals surface area contributed by atoms with Crippen molar-refractivity contribution in [2.75, 3.05) is 13.2 Å². The molecule has 0 heterocycles. The van der Waals surface area contributed by atoms with Crippen molar-refractivity contribution in [1.29, 1.82) is 0 Å². The van der Waals surface area contributed by atoms with Crippen molar-refractivity contribution in [2.45, 2.75) is 32.4 Å². The second-order valence-corrected chi connectivity index (χ2v) is 7.05. The molecule has 0 aromatic heterocycles. The van der Waals surface area contributed by atoms with Crippen molar-refractivity contribution in [3.05, 3.63) is 0 Å². The van der Waals surface area contributed by atoms with Gasteiger partial charge in [-0.25, -0.2) is 0 Å². The van der Waals surface area contributed by atoms with Crippen molar-refractivity contribution < 1.29 is 0 Å². The average molecular weight is 145 g/mol. The molecule has 0 bridgehead atoms. The Morgan fingerprint density at radius 2 is 2.00 bits per heavy atom. The van der Waals surface area contributed by atoms with Crippen LogP contribution in [0, 0.1) is 0 Å². The third-order valence-electron chi connectivity index (χ3n) is 1.93. The molecule has 0 spiro atoms. The minimum absolute atomic E-state index is 0.397. The van der Waals surface area contributed by atoms with Gasteiger partial charge in [-0.2, -0.15) is 0 Å². The Kier molecular flexibility index (Phi) is 5.10. The highest BCUT2D eigenvalue weighted by Gasteiger charge is 2.10. The maximum absolute atomic E-state index is 3.26. The molecule has 1 N–H and O–H groups in total. The van der Waals surface area contributed by atoms with Crippen molar-refractivity contribution in [2.24, 2.45) is 0 Å². The number of rotatable bonds is 4. The lowest BCUT2D eigenvalue weighted by molar-refractivity contribution is 0.906. The minimum Gasteiger partial charge on any atom is -0.323 e. The van der Waals surface area contributed by atoms with Gasteiger partial charge in [0.25, 0.3) is 0 Å². The summed E-state index contributed by atoms with van der Waals surface area (Å²) in [6.07, 6.45) is 1.30. The molecule has 0 saturated carbocycles. The summed E-state index contributed by atoms with van der Waals surface area (Å²) >= 11 is 0. The van der Waals surface area contributed by atoms with E-state index in [0.29, 0.717) is 0 Å². The van der Waals surface area contributed by atoms with Gasteiger partial charge in [0, 0.05) is 0 Å². The van der Waals surface area contributed by atoms with E-state index < -0.39 is 8.80 Å². The van der Waals surface area contributed by atoms with Crippen LogP contribution in [-0.4, -0.2) is 22.0 Å². The zero-order chi connectivity index (χ0) is 7.28. The fraction of sp³-hybridized carbons (Fsp3) is 1.00. The van der Waals surface area contributed by atoms with Crippen LogP contribution in [0.2, 0.25) is 11.6 Å². The molecule has 1 unspecified atom stereocenters. The third kappa shape index (κ3) is 3.70. The van der Waals surface area contributed by atoms with Crippen molar-refractivity contribution in [1.82, 2.24) is 5.32 Å². The lowest BCUT2D eigenvalue weighted by Gasteiger charge is -2.15. The summed E-state index contributed by atoms with van der Waals surface area (Å²) in [4.78, 5) is 0. The van der Waals surface area contributed by atoms with Crippen LogP contribution in [0.3, 0.4) is 0 Å². The summed E-state index contributed by atoms with van der Waals surface area (Å²) in [7, 11) is 1.66. The van der Waals surface area contributed by atoms with Crippen LogP contribution in [0.5, 0.6) is 0 Å². The maximum Gasteiger partial charge on any atom is 0.0549 e. The van der Waals surface area contributed by atoms with Gasteiger partial charge in [-0.1, -0.05) is 32.4 Å². The molecular weight excluding hydrogens is 126 g/mol. The SMILES string of the molecule is CC[SiH](CNC)C(C)C. The zero-order valence-electron chi connectivity index (χ0n) is 7.07. The second kappa shape index (κ2) is 5.00. The molecule has 0 amide bonds. The molecule has 0 aliphatic heterocycles. The van der Waals surface area contributed by atoms with Gasteiger partial charge in [0.2, 0.25) is 0 Å². The smallest absolute Gasteiger partial charge is 0.0549 e. The molecule has 56 valence electrons. The fourth-order valence-corrected chi connectivity index (χ4v) is 3.34. The van der Waals surface area contributed by atoms with Gasteiger partial charge in [-0.05, 0) is 13.2 Å². The number of hydrogen-bond donors (Lipinski definition) is 1. The van der Waals surface area contributed by atoms with E-state index in [-0.39, 0.29) is 0 Å². The Bertz CT molecular complexity index is 63.9. The Balaban J connectivity index is 3.41. The molecule has 0 rings (SSSR count). The molecule has 0 aliphatic carbocycles. The lowest BCUT2D eigenvalue weighted by atomic mass is 10.6. The molecule has 0 fully saturated rings. The standard InChI is InChI=1S/C7H19NSi/c1-5-9(6-8-4)7(2)3/h7-9H,5-6H2,1-4H3. The second-order valence-electron chi connectivity index (χ2n) is 2.97. The van der Waals surface area contributed by atoms with Crippen molar-refractivity contribution in [3.63, 3.8) is 0 Å². The van der Waals surface area contributed by atoms with Gasteiger partial charge < -0.3 is 5.32 Å². The predicted octanol–water partition coefficient (Wildman–Crippen LogP) is 1.40. The minimum atomic E-state index is -0.397. The Labute approximate surface area is 60.5 Å². The molecule has 9 heavy (non-hydrogen) atoms. The first-order valence-corrected chi connectivity index (χ1v) is 6.16. The van der Waals surface area contributed by atoms with Gasteiger partial charge >= 0.3 is 0 Å². The van der Waals surface area contributed by atoms with Gasteiger partial charge in [0.1, 0.15) is 0 Å². The van der Waals surface area contributed by atoms with Crippen LogP contribution in [0.15, 0.2) is 0 Å². The number of nitrogens with one attached hydrogen (secondary N) is 1. The summed E-state index contributed by atoms with van der Waals surface area (Å²) in [5.74, 6) is 0. The first-order valence-electron chi connectivity index (χ1n) is 3.87. The van der Waals surface area contributed by atoms with E-state index >= 15 is 0 Å².